The van der Waals surface area contributed by atoms with Crippen LogP contribution in [0.4, 0.5) is 11.4 Å². The number of anilines is 2. The summed E-state index contributed by atoms with van der Waals surface area (Å²) in [6.45, 7) is 3.87. The number of amides is 3. The molecule has 0 spiro atoms. The molecule has 2 aliphatic rings. The van der Waals surface area contributed by atoms with Crippen molar-refractivity contribution in [2.45, 2.75) is 51.4 Å². The SMILES string of the molecule is CC(C)C(=O)Nc1ccc2c(c1)C(=O)N(C)[C@H]1CC[C@H](CC(=O)Nc3cccc(Cl)c3)O[C@@H]1CO2. The second kappa shape index (κ2) is 10.7. The largest absolute Gasteiger partial charge is 0.490 e. The maximum Gasteiger partial charge on any atom is 0.257 e. The summed E-state index contributed by atoms with van der Waals surface area (Å²) in [6.07, 6.45) is 0.872. The van der Waals surface area contributed by atoms with Crippen molar-refractivity contribution in [3.63, 3.8) is 0 Å². The van der Waals surface area contributed by atoms with Gasteiger partial charge in [0.15, 0.2) is 0 Å². The maximum absolute atomic E-state index is 13.3. The van der Waals surface area contributed by atoms with Crippen LogP contribution in [-0.2, 0) is 14.3 Å². The van der Waals surface area contributed by atoms with Crippen molar-refractivity contribution in [3.05, 3.63) is 53.1 Å². The third-order valence-electron chi connectivity index (χ3n) is 6.33. The molecule has 0 radical (unpaired) electrons. The zero-order valence-electron chi connectivity index (χ0n) is 20.0. The highest BCUT2D eigenvalue weighted by atomic mass is 35.5. The van der Waals surface area contributed by atoms with Crippen LogP contribution in [0.15, 0.2) is 42.5 Å². The lowest BCUT2D eigenvalue weighted by Gasteiger charge is -2.42. The Morgan fingerprint density at radius 1 is 1.11 bits per heavy atom. The molecular formula is C26H30ClN3O5. The molecule has 1 fully saturated rings. The number of rotatable bonds is 5. The molecule has 2 aliphatic heterocycles. The number of hydrogen-bond donors (Lipinski definition) is 2. The Balaban J connectivity index is 1.43. The lowest BCUT2D eigenvalue weighted by atomic mass is 9.94. The summed E-state index contributed by atoms with van der Waals surface area (Å²) >= 11 is 5.99. The number of ether oxygens (including phenoxy) is 2. The highest BCUT2D eigenvalue weighted by Crippen LogP contribution is 2.32. The van der Waals surface area contributed by atoms with Gasteiger partial charge in [0.1, 0.15) is 18.5 Å². The number of nitrogens with zero attached hydrogens (tertiary/aromatic N) is 1. The van der Waals surface area contributed by atoms with E-state index in [-0.39, 0.29) is 54.9 Å². The minimum absolute atomic E-state index is 0.122. The van der Waals surface area contributed by atoms with Crippen molar-refractivity contribution in [3.8, 4) is 5.75 Å². The number of fused-ring (bicyclic) bond motifs is 2. The molecule has 186 valence electrons. The molecule has 0 unspecified atom stereocenters. The van der Waals surface area contributed by atoms with Crippen LogP contribution in [0.25, 0.3) is 0 Å². The van der Waals surface area contributed by atoms with E-state index in [0.29, 0.717) is 40.6 Å². The van der Waals surface area contributed by atoms with Gasteiger partial charge in [-0.05, 0) is 49.2 Å². The molecule has 2 aromatic rings. The number of carbonyl (C=O) groups is 3. The molecule has 35 heavy (non-hydrogen) atoms. The van der Waals surface area contributed by atoms with E-state index in [2.05, 4.69) is 10.6 Å². The summed E-state index contributed by atoms with van der Waals surface area (Å²) in [4.78, 5) is 39.6. The van der Waals surface area contributed by atoms with Gasteiger partial charge < -0.3 is 25.0 Å². The molecule has 3 amide bonds. The Labute approximate surface area is 209 Å². The molecule has 9 heteroatoms. The molecule has 3 atom stereocenters. The van der Waals surface area contributed by atoms with Crippen LogP contribution in [0.1, 0.15) is 43.5 Å². The van der Waals surface area contributed by atoms with Gasteiger partial charge in [0.05, 0.1) is 24.1 Å². The molecule has 0 aromatic heterocycles. The first-order chi connectivity index (χ1) is 16.7. The number of likely N-dealkylation sites (N-methyl/N-ethyl adjacent to an activating group) is 1. The summed E-state index contributed by atoms with van der Waals surface area (Å²) in [5.74, 6) is -0.215. The predicted octanol–water partition coefficient (Wildman–Crippen LogP) is 4.34. The Kier molecular flexibility index (Phi) is 7.62. The first-order valence-corrected chi connectivity index (χ1v) is 12.1. The van der Waals surface area contributed by atoms with E-state index in [1.54, 1.807) is 54.4 Å². The third-order valence-corrected chi connectivity index (χ3v) is 6.56. The van der Waals surface area contributed by atoms with E-state index in [9.17, 15) is 14.4 Å². The topological polar surface area (TPSA) is 97.0 Å². The van der Waals surface area contributed by atoms with Crippen LogP contribution < -0.4 is 15.4 Å². The number of nitrogens with one attached hydrogen (secondary N) is 2. The van der Waals surface area contributed by atoms with Crippen molar-refractivity contribution < 1.29 is 23.9 Å². The number of hydrogen-bond acceptors (Lipinski definition) is 5. The van der Waals surface area contributed by atoms with E-state index < -0.39 is 0 Å². The van der Waals surface area contributed by atoms with E-state index in [1.807, 2.05) is 13.8 Å². The highest BCUT2D eigenvalue weighted by molar-refractivity contribution is 6.30. The predicted molar refractivity (Wildman–Crippen MR) is 134 cm³/mol. The quantitative estimate of drug-likeness (QED) is 0.637. The molecule has 2 aromatic carbocycles. The van der Waals surface area contributed by atoms with Gasteiger partial charge in [-0.2, -0.15) is 0 Å². The number of halogens is 1. The summed E-state index contributed by atoms with van der Waals surface area (Å²) in [5.41, 5.74) is 1.59. The fourth-order valence-electron chi connectivity index (χ4n) is 4.38. The van der Waals surface area contributed by atoms with E-state index >= 15 is 0 Å². The average molecular weight is 500 g/mol. The van der Waals surface area contributed by atoms with E-state index in [0.717, 1.165) is 0 Å². The highest BCUT2D eigenvalue weighted by Gasteiger charge is 2.39. The maximum atomic E-state index is 13.3. The van der Waals surface area contributed by atoms with Crippen LogP contribution in [0, 0.1) is 5.92 Å². The number of benzene rings is 2. The second-order valence-corrected chi connectivity index (χ2v) is 9.72. The normalized spacial score (nSPS) is 21.8. The van der Waals surface area contributed by atoms with Gasteiger partial charge in [0, 0.05) is 29.4 Å². The Hall–Kier alpha value is -3.10. The lowest BCUT2D eigenvalue weighted by molar-refractivity contribution is -0.130. The molecular weight excluding hydrogens is 470 g/mol. The van der Waals surface area contributed by atoms with Gasteiger partial charge in [0.25, 0.3) is 5.91 Å². The first-order valence-electron chi connectivity index (χ1n) is 11.8. The van der Waals surface area contributed by atoms with Crippen LogP contribution in [0.2, 0.25) is 5.02 Å². The monoisotopic (exact) mass is 499 g/mol. The van der Waals surface area contributed by atoms with Gasteiger partial charge in [-0.1, -0.05) is 31.5 Å². The molecule has 8 nitrogen and oxygen atoms in total. The van der Waals surface area contributed by atoms with Crippen LogP contribution in [0.3, 0.4) is 0 Å². The fourth-order valence-corrected chi connectivity index (χ4v) is 4.57. The second-order valence-electron chi connectivity index (χ2n) is 9.29. The summed E-state index contributed by atoms with van der Waals surface area (Å²) in [6, 6.07) is 11.9. The smallest absolute Gasteiger partial charge is 0.257 e. The summed E-state index contributed by atoms with van der Waals surface area (Å²) < 4.78 is 12.2. The van der Waals surface area contributed by atoms with Crippen molar-refractivity contribution in [2.24, 2.45) is 5.92 Å². The van der Waals surface area contributed by atoms with Crippen molar-refractivity contribution >= 4 is 40.7 Å². The van der Waals surface area contributed by atoms with Crippen LogP contribution >= 0.6 is 11.6 Å². The lowest BCUT2D eigenvalue weighted by Crippen LogP contribution is -2.53. The van der Waals surface area contributed by atoms with Crippen LogP contribution in [-0.4, -0.2) is 54.5 Å². The van der Waals surface area contributed by atoms with E-state index in [1.165, 1.54) is 0 Å². The third kappa shape index (κ3) is 5.94. The first kappa shape index (κ1) is 25.0. The fraction of sp³-hybridized carbons (Fsp3) is 0.423. The molecule has 2 heterocycles. The minimum atomic E-state index is -0.366. The van der Waals surface area contributed by atoms with Crippen molar-refractivity contribution in [1.29, 1.82) is 0 Å². The van der Waals surface area contributed by atoms with Crippen molar-refractivity contribution in [1.82, 2.24) is 4.90 Å². The average Bonchev–Trinajstić information content (AvgIpc) is 2.81. The van der Waals surface area contributed by atoms with Gasteiger partial charge in [-0.25, -0.2) is 0 Å². The molecule has 4 rings (SSSR count). The van der Waals surface area contributed by atoms with Gasteiger partial charge in [0.2, 0.25) is 11.8 Å². The zero-order valence-corrected chi connectivity index (χ0v) is 20.8. The molecule has 0 bridgehead atoms. The Bertz CT molecular complexity index is 1120. The van der Waals surface area contributed by atoms with Gasteiger partial charge in [-0.3, -0.25) is 14.4 Å². The summed E-state index contributed by atoms with van der Waals surface area (Å²) in [5, 5.41) is 6.23. The molecule has 1 saturated heterocycles. The molecule has 0 aliphatic carbocycles. The molecule has 0 saturated carbocycles. The van der Waals surface area contributed by atoms with Gasteiger partial charge in [-0.15, -0.1) is 0 Å². The van der Waals surface area contributed by atoms with E-state index in [4.69, 9.17) is 21.1 Å². The Morgan fingerprint density at radius 2 is 1.89 bits per heavy atom. The van der Waals surface area contributed by atoms with Crippen LogP contribution in [0.5, 0.6) is 5.75 Å². The van der Waals surface area contributed by atoms with Crippen molar-refractivity contribution in [2.75, 3.05) is 24.3 Å². The Morgan fingerprint density at radius 3 is 2.63 bits per heavy atom. The van der Waals surface area contributed by atoms with Gasteiger partial charge >= 0.3 is 0 Å². The molecule has 2 N–H and O–H groups in total. The number of carbonyl (C=O) groups excluding carboxylic acids is 3. The minimum Gasteiger partial charge on any atom is -0.490 e. The summed E-state index contributed by atoms with van der Waals surface area (Å²) in [7, 11) is 1.75. The zero-order chi connectivity index (χ0) is 25.1. The standard InChI is InChI=1S/C26H30ClN3O5/c1-15(2)25(32)29-18-7-10-22-20(12-18)26(33)30(3)21-9-8-19(35-23(21)14-34-22)13-24(31)28-17-6-4-5-16(27)11-17/h4-7,10-12,15,19,21,23H,8-9,13-14H2,1-3H3,(H,28,31)(H,29,32)/t19-,21+,23-/m1/s1.